The predicted molar refractivity (Wildman–Crippen MR) is 65.5 cm³/mol. The van der Waals surface area contributed by atoms with Gasteiger partial charge in [-0.25, -0.2) is 4.99 Å². The van der Waals surface area contributed by atoms with Crippen LogP contribution in [0.3, 0.4) is 0 Å². The Balaban J connectivity index is 3.21. The molecule has 0 heterocycles. The summed E-state index contributed by atoms with van der Waals surface area (Å²) in [6.07, 6.45) is 1.93. The lowest BCUT2D eigenvalue weighted by Crippen LogP contribution is -2.04. The third-order valence-corrected chi connectivity index (χ3v) is 2.58. The Morgan fingerprint density at radius 1 is 1.21 bits per heavy atom. The number of rotatable bonds is 1. The van der Waals surface area contributed by atoms with Crippen LogP contribution in [0.1, 0.15) is 16.7 Å². The van der Waals surface area contributed by atoms with E-state index in [0.717, 1.165) is 5.69 Å². The van der Waals surface area contributed by atoms with E-state index in [1.807, 2.05) is 6.26 Å². The normalized spacial score (nSPS) is 11.9. The van der Waals surface area contributed by atoms with Crippen LogP contribution in [-0.4, -0.2) is 11.4 Å². The van der Waals surface area contributed by atoms with Gasteiger partial charge in [0.25, 0.3) is 0 Å². The molecule has 3 heteroatoms. The molecule has 0 aliphatic carbocycles. The monoisotopic (exact) mass is 208 g/mol. The van der Waals surface area contributed by atoms with Gasteiger partial charge >= 0.3 is 0 Å². The number of benzene rings is 1. The van der Waals surface area contributed by atoms with Crippen LogP contribution in [0, 0.1) is 20.8 Å². The molecule has 0 aromatic heterocycles. The second-order valence-corrected chi connectivity index (χ2v) is 4.23. The number of aryl methyl sites for hydroxylation is 3. The van der Waals surface area contributed by atoms with Crippen molar-refractivity contribution in [2.24, 2.45) is 10.7 Å². The van der Waals surface area contributed by atoms with Crippen LogP contribution in [-0.2, 0) is 0 Å². The maximum Gasteiger partial charge on any atom is 0.158 e. The van der Waals surface area contributed by atoms with Crippen LogP contribution in [0.5, 0.6) is 0 Å². The number of amidine groups is 1. The van der Waals surface area contributed by atoms with Gasteiger partial charge in [-0.3, -0.25) is 0 Å². The van der Waals surface area contributed by atoms with E-state index in [4.69, 9.17) is 5.73 Å². The number of hydrogen-bond donors (Lipinski definition) is 1. The number of hydrogen-bond acceptors (Lipinski definition) is 2. The first kappa shape index (κ1) is 11.1. The third kappa shape index (κ3) is 2.51. The maximum atomic E-state index is 5.69. The Morgan fingerprint density at radius 2 is 1.71 bits per heavy atom. The third-order valence-electron chi connectivity index (χ3n) is 2.07. The van der Waals surface area contributed by atoms with E-state index in [1.165, 1.54) is 28.5 Å². The van der Waals surface area contributed by atoms with Gasteiger partial charge in [0.05, 0.1) is 5.69 Å². The molecule has 0 saturated carbocycles. The fourth-order valence-corrected chi connectivity index (χ4v) is 1.69. The van der Waals surface area contributed by atoms with Gasteiger partial charge in [0.1, 0.15) is 0 Å². The molecular formula is C11H16N2S. The van der Waals surface area contributed by atoms with Crippen molar-refractivity contribution in [3.8, 4) is 0 Å². The van der Waals surface area contributed by atoms with Gasteiger partial charge in [-0.05, 0) is 38.2 Å². The minimum Gasteiger partial charge on any atom is -0.378 e. The highest BCUT2D eigenvalue weighted by molar-refractivity contribution is 8.13. The molecule has 2 nitrogen and oxygen atoms in total. The molecule has 0 atom stereocenters. The summed E-state index contributed by atoms with van der Waals surface area (Å²) in [5, 5.41) is 0.611. The van der Waals surface area contributed by atoms with Gasteiger partial charge in [0.2, 0.25) is 0 Å². The van der Waals surface area contributed by atoms with E-state index in [2.05, 4.69) is 37.9 Å². The minimum absolute atomic E-state index is 0.611. The molecule has 76 valence electrons. The average molecular weight is 208 g/mol. The smallest absolute Gasteiger partial charge is 0.158 e. The van der Waals surface area contributed by atoms with Crippen LogP contribution in [0.4, 0.5) is 5.69 Å². The summed E-state index contributed by atoms with van der Waals surface area (Å²) in [5.74, 6) is 0. The van der Waals surface area contributed by atoms with Crippen molar-refractivity contribution in [1.82, 2.24) is 0 Å². The van der Waals surface area contributed by atoms with Crippen LogP contribution < -0.4 is 5.73 Å². The first-order valence-corrected chi connectivity index (χ1v) is 5.73. The Labute approximate surface area is 89.6 Å². The minimum atomic E-state index is 0.611. The van der Waals surface area contributed by atoms with Crippen molar-refractivity contribution in [2.45, 2.75) is 20.8 Å². The molecule has 1 rings (SSSR count). The second-order valence-electron chi connectivity index (χ2n) is 3.40. The van der Waals surface area contributed by atoms with E-state index in [-0.39, 0.29) is 0 Å². The Morgan fingerprint density at radius 3 is 2.14 bits per heavy atom. The topological polar surface area (TPSA) is 38.4 Å². The molecule has 0 aliphatic heterocycles. The van der Waals surface area contributed by atoms with Crippen molar-refractivity contribution in [1.29, 1.82) is 0 Å². The fourth-order valence-electron chi connectivity index (χ4n) is 1.50. The molecule has 0 spiro atoms. The summed E-state index contributed by atoms with van der Waals surface area (Å²) >= 11 is 1.47. The molecule has 0 amide bonds. The molecule has 0 unspecified atom stereocenters. The highest BCUT2D eigenvalue weighted by Gasteiger charge is 2.02. The van der Waals surface area contributed by atoms with E-state index >= 15 is 0 Å². The van der Waals surface area contributed by atoms with Crippen LogP contribution in [0.15, 0.2) is 17.1 Å². The van der Waals surface area contributed by atoms with Crippen LogP contribution in [0.2, 0.25) is 0 Å². The van der Waals surface area contributed by atoms with Crippen molar-refractivity contribution < 1.29 is 0 Å². The number of thioether (sulfide) groups is 1. The molecule has 0 bridgehead atoms. The van der Waals surface area contributed by atoms with Crippen molar-refractivity contribution >= 4 is 22.6 Å². The van der Waals surface area contributed by atoms with Crippen molar-refractivity contribution in [2.75, 3.05) is 6.26 Å². The van der Waals surface area contributed by atoms with Gasteiger partial charge in [-0.2, -0.15) is 0 Å². The lowest BCUT2D eigenvalue weighted by molar-refractivity contribution is 1.28. The van der Waals surface area contributed by atoms with Crippen LogP contribution >= 0.6 is 11.8 Å². The number of nitrogens with zero attached hydrogens (tertiary/aromatic N) is 1. The van der Waals surface area contributed by atoms with E-state index in [9.17, 15) is 0 Å². The molecule has 1 aromatic rings. The van der Waals surface area contributed by atoms with Crippen molar-refractivity contribution in [3.05, 3.63) is 28.8 Å². The van der Waals surface area contributed by atoms with Gasteiger partial charge in [0.15, 0.2) is 5.17 Å². The first-order valence-electron chi connectivity index (χ1n) is 4.50. The number of aliphatic imine (C=N–C) groups is 1. The highest BCUT2D eigenvalue weighted by atomic mass is 32.2. The summed E-state index contributed by atoms with van der Waals surface area (Å²) in [4.78, 5) is 4.38. The first-order chi connectivity index (χ1) is 6.54. The van der Waals surface area contributed by atoms with Crippen molar-refractivity contribution in [3.63, 3.8) is 0 Å². The second kappa shape index (κ2) is 4.51. The van der Waals surface area contributed by atoms with Gasteiger partial charge in [0, 0.05) is 0 Å². The number of nitrogens with two attached hydrogens (primary N) is 1. The largest absolute Gasteiger partial charge is 0.378 e. The maximum absolute atomic E-state index is 5.69. The standard InChI is InChI=1S/C11H16N2S/c1-7-5-8(2)10(9(3)6-7)13-11(12)14-4/h5-6H,1-4H3,(H2,12,13). The van der Waals surface area contributed by atoms with E-state index in [0.29, 0.717) is 5.17 Å². The Kier molecular flexibility index (Phi) is 3.58. The summed E-state index contributed by atoms with van der Waals surface area (Å²) in [5.41, 5.74) is 10.3. The Hall–Kier alpha value is -0.960. The Bertz CT molecular complexity index is 347. The SMILES string of the molecule is CSC(N)=Nc1c(C)cc(C)cc1C. The van der Waals surface area contributed by atoms with E-state index < -0.39 is 0 Å². The molecule has 1 aromatic carbocycles. The molecule has 0 aliphatic rings. The predicted octanol–water partition coefficient (Wildman–Crippen LogP) is 2.92. The zero-order valence-electron chi connectivity index (χ0n) is 9.09. The zero-order valence-corrected chi connectivity index (χ0v) is 9.90. The molecule has 0 radical (unpaired) electrons. The summed E-state index contributed by atoms with van der Waals surface area (Å²) in [6, 6.07) is 4.25. The average Bonchev–Trinajstić information content (AvgIpc) is 2.10. The molecule has 0 saturated heterocycles. The molecule has 14 heavy (non-hydrogen) atoms. The summed E-state index contributed by atoms with van der Waals surface area (Å²) < 4.78 is 0. The van der Waals surface area contributed by atoms with E-state index in [1.54, 1.807) is 0 Å². The lowest BCUT2D eigenvalue weighted by Gasteiger charge is -2.07. The summed E-state index contributed by atoms with van der Waals surface area (Å²) in [7, 11) is 0. The molecular weight excluding hydrogens is 192 g/mol. The molecule has 2 N–H and O–H groups in total. The van der Waals surface area contributed by atoms with Gasteiger partial charge in [-0.15, -0.1) is 0 Å². The van der Waals surface area contributed by atoms with Gasteiger partial charge in [-0.1, -0.05) is 29.5 Å². The summed E-state index contributed by atoms with van der Waals surface area (Å²) in [6.45, 7) is 6.21. The van der Waals surface area contributed by atoms with Gasteiger partial charge < -0.3 is 5.73 Å². The zero-order chi connectivity index (χ0) is 10.7. The van der Waals surface area contributed by atoms with Crippen LogP contribution in [0.25, 0.3) is 0 Å². The lowest BCUT2D eigenvalue weighted by atomic mass is 10.1. The molecule has 0 fully saturated rings. The highest BCUT2D eigenvalue weighted by Crippen LogP contribution is 2.25. The quantitative estimate of drug-likeness (QED) is 0.569. The fraction of sp³-hybridized carbons (Fsp3) is 0.364.